The number of rotatable bonds is 4. The minimum atomic E-state index is -0.463. The predicted octanol–water partition coefficient (Wildman–Crippen LogP) is 4.37. The summed E-state index contributed by atoms with van der Waals surface area (Å²) in [4.78, 5) is 16.2. The number of carbonyl (C=O) groups is 1. The van der Waals surface area contributed by atoms with Crippen LogP contribution in [-0.4, -0.2) is 11.0 Å². The summed E-state index contributed by atoms with van der Waals surface area (Å²) in [6.45, 7) is 2.18. The number of ether oxygens (including phenoxy) is 1. The van der Waals surface area contributed by atoms with E-state index in [1.165, 1.54) is 12.1 Å². The molecule has 0 aliphatic rings. The Balaban J connectivity index is 2.00. The van der Waals surface area contributed by atoms with Crippen LogP contribution < -0.4 is 0 Å². The summed E-state index contributed by atoms with van der Waals surface area (Å²) in [5.74, 6) is -0.463. The van der Waals surface area contributed by atoms with Crippen molar-refractivity contribution in [3.05, 3.63) is 49.9 Å². The van der Waals surface area contributed by atoms with Gasteiger partial charge in [0.15, 0.2) is 0 Å². The van der Waals surface area contributed by atoms with E-state index in [2.05, 4.69) is 4.98 Å². The molecule has 2 aromatic rings. The molecule has 0 spiro atoms. The van der Waals surface area contributed by atoms with E-state index < -0.39 is 5.97 Å². The van der Waals surface area contributed by atoms with Gasteiger partial charge in [-0.05, 0) is 24.6 Å². The largest absolute Gasteiger partial charge is 0.456 e. The van der Waals surface area contributed by atoms with Crippen LogP contribution in [0.25, 0.3) is 0 Å². The van der Waals surface area contributed by atoms with Gasteiger partial charge < -0.3 is 4.74 Å². The topological polar surface area (TPSA) is 39.2 Å². The molecule has 100 valence electrons. The highest BCUT2D eigenvalue weighted by molar-refractivity contribution is 7.09. The van der Waals surface area contributed by atoms with Gasteiger partial charge in [-0.15, -0.1) is 11.3 Å². The standard InChI is InChI=1S/C13H11Cl2NO2S/c1-2-12-16-11(7-19-12)6-18-13(17)8-3-9(14)5-10(15)4-8/h3-5,7H,2,6H2,1H3. The summed E-state index contributed by atoms with van der Waals surface area (Å²) in [7, 11) is 0. The van der Waals surface area contributed by atoms with Crippen molar-refractivity contribution in [2.45, 2.75) is 20.0 Å². The Hall–Kier alpha value is -1.10. The van der Waals surface area contributed by atoms with Gasteiger partial charge in [0.1, 0.15) is 6.61 Å². The second kappa shape index (κ2) is 6.37. The number of esters is 1. The fourth-order valence-electron chi connectivity index (χ4n) is 1.47. The van der Waals surface area contributed by atoms with Gasteiger partial charge in [-0.1, -0.05) is 30.1 Å². The van der Waals surface area contributed by atoms with Crippen LogP contribution in [0, 0.1) is 0 Å². The second-order valence-electron chi connectivity index (χ2n) is 3.82. The number of hydrogen-bond donors (Lipinski definition) is 0. The Bertz CT molecular complexity index is 578. The zero-order valence-electron chi connectivity index (χ0n) is 10.2. The Kier molecular flexibility index (Phi) is 4.80. The third kappa shape index (κ3) is 3.93. The maximum atomic E-state index is 11.8. The van der Waals surface area contributed by atoms with Crippen LogP contribution >= 0.6 is 34.5 Å². The molecular weight excluding hydrogens is 305 g/mol. The van der Waals surface area contributed by atoms with Gasteiger partial charge in [-0.3, -0.25) is 0 Å². The van der Waals surface area contributed by atoms with Crippen LogP contribution in [0.4, 0.5) is 0 Å². The number of aromatic nitrogens is 1. The maximum absolute atomic E-state index is 11.8. The zero-order chi connectivity index (χ0) is 13.8. The molecule has 0 N–H and O–H groups in total. The number of thiazole rings is 1. The monoisotopic (exact) mass is 315 g/mol. The van der Waals surface area contributed by atoms with Crippen molar-refractivity contribution in [1.29, 1.82) is 0 Å². The van der Waals surface area contributed by atoms with Gasteiger partial charge in [0.25, 0.3) is 0 Å². The molecule has 1 aromatic carbocycles. The van der Waals surface area contributed by atoms with Crippen molar-refractivity contribution in [1.82, 2.24) is 4.98 Å². The predicted molar refractivity (Wildman–Crippen MR) is 77.1 cm³/mol. The quantitative estimate of drug-likeness (QED) is 0.786. The molecule has 0 unspecified atom stereocenters. The fourth-order valence-corrected chi connectivity index (χ4v) is 2.73. The lowest BCUT2D eigenvalue weighted by Crippen LogP contribution is -2.05. The highest BCUT2D eigenvalue weighted by atomic mass is 35.5. The normalized spacial score (nSPS) is 10.5. The molecule has 1 aromatic heterocycles. The van der Waals surface area contributed by atoms with Gasteiger partial charge in [0.05, 0.1) is 16.3 Å². The van der Waals surface area contributed by atoms with E-state index in [1.54, 1.807) is 17.4 Å². The molecule has 0 amide bonds. The minimum absolute atomic E-state index is 0.152. The number of aryl methyl sites for hydroxylation is 1. The van der Waals surface area contributed by atoms with Crippen LogP contribution in [0.15, 0.2) is 23.6 Å². The van der Waals surface area contributed by atoms with Crippen LogP contribution in [-0.2, 0) is 17.8 Å². The third-order valence-corrected chi connectivity index (χ3v) is 3.83. The second-order valence-corrected chi connectivity index (χ2v) is 5.64. The zero-order valence-corrected chi connectivity index (χ0v) is 12.5. The van der Waals surface area contributed by atoms with E-state index >= 15 is 0 Å². The number of carbonyl (C=O) groups excluding carboxylic acids is 1. The lowest BCUT2D eigenvalue weighted by molar-refractivity contribution is 0.0468. The SMILES string of the molecule is CCc1nc(COC(=O)c2cc(Cl)cc(Cl)c2)cs1. The first-order valence-electron chi connectivity index (χ1n) is 5.65. The molecule has 19 heavy (non-hydrogen) atoms. The first-order valence-corrected chi connectivity index (χ1v) is 7.28. The third-order valence-electron chi connectivity index (χ3n) is 2.35. The van der Waals surface area contributed by atoms with Crippen molar-refractivity contribution in [2.24, 2.45) is 0 Å². The Morgan fingerprint density at radius 2 is 2.00 bits per heavy atom. The molecule has 3 nitrogen and oxygen atoms in total. The highest BCUT2D eigenvalue weighted by Gasteiger charge is 2.10. The molecule has 6 heteroatoms. The van der Waals surface area contributed by atoms with Crippen LogP contribution in [0.1, 0.15) is 28.0 Å². The van der Waals surface area contributed by atoms with E-state index in [1.807, 2.05) is 12.3 Å². The van der Waals surface area contributed by atoms with Crippen molar-refractivity contribution >= 4 is 40.5 Å². The summed E-state index contributed by atoms with van der Waals surface area (Å²) in [6, 6.07) is 4.61. The molecule has 0 aliphatic heterocycles. The number of nitrogens with zero attached hydrogens (tertiary/aromatic N) is 1. The van der Waals surface area contributed by atoms with E-state index in [0.717, 1.165) is 17.1 Å². The van der Waals surface area contributed by atoms with Crippen LogP contribution in [0.2, 0.25) is 10.0 Å². The molecule has 0 atom stereocenters. The van der Waals surface area contributed by atoms with Crippen LogP contribution in [0.3, 0.4) is 0 Å². The van der Waals surface area contributed by atoms with Crippen molar-refractivity contribution in [3.8, 4) is 0 Å². The molecular formula is C13H11Cl2NO2S. The molecule has 0 saturated carbocycles. The molecule has 2 rings (SSSR count). The fraction of sp³-hybridized carbons (Fsp3) is 0.231. The Morgan fingerprint density at radius 1 is 1.32 bits per heavy atom. The summed E-state index contributed by atoms with van der Waals surface area (Å²) in [6.07, 6.45) is 0.877. The van der Waals surface area contributed by atoms with Crippen molar-refractivity contribution in [2.75, 3.05) is 0 Å². The maximum Gasteiger partial charge on any atom is 0.338 e. The van der Waals surface area contributed by atoms with E-state index in [-0.39, 0.29) is 6.61 Å². The summed E-state index contributed by atoms with van der Waals surface area (Å²) in [5.41, 5.74) is 1.09. The van der Waals surface area contributed by atoms with Gasteiger partial charge >= 0.3 is 5.97 Å². The average Bonchev–Trinajstić information content (AvgIpc) is 2.82. The minimum Gasteiger partial charge on any atom is -0.456 e. The van der Waals surface area contributed by atoms with E-state index in [9.17, 15) is 4.79 Å². The smallest absolute Gasteiger partial charge is 0.338 e. The van der Waals surface area contributed by atoms with Crippen molar-refractivity contribution < 1.29 is 9.53 Å². The van der Waals surface area contributed by atoms with E-state index in [4.69, 9.17) is 27.9 Å². The van der Waals surface area contributed by atoms with Crippen molar-refractivity contribution in [3.63, 3.8) is 0 Å². The first-order chi connectivity index (χ1) is 9.08. The molecule has 0 aliphatic carbocycles. The molecule has 0 radical (unpaired) electrons. The Morgan fingerprint density at radius 3 is 2.58 bits per heavy atom. The summed E-state index contributed by atoms with van der Waals surface area (Å²) in [5, 5.41) is 3.72. The number of hydrogen-bond acceptors (Lipinski definition) is 4. The molecule has 1 heterocycles. The van der Waals surface area contributed by atoms with Crippen LogP contribution in [0.5, 0.6) is 0 Å². The summed E-state index contributed by atoms with van der Waals surface area (Å²) >= 11 is 13.2. The molecule has 0 saturated heterocycles. The average molecular weight is 316 g/mol. The summed E-state index contributed by atoms with van der Waals surface area (Å²) < 4.78 is 5.17. The van der Waals surface area contributed by atoms with Gasteiger partial charge in [0, 0.05) is 15.4 Å². The lowest BCUT2D eigenvalue weighted by Gasteiger charge is -2.04. The first kappa shape index (κ1) is 14.3. The number of benzene rings is 1. The Labute approximate surface area is 125 Å². The molecule has 0 bridgehead atoms. The number of halogens is 2. The van der Waals surface area contributed by atoms with E-state index in [0.29, 0.717) is 15.6 Å². The lowest BCUT2D eigenvalue weighted by atomic mass is 10.2. The van der Waals surface area contributed by atoms with Gasteiger partial charge in [-0.25, -0.2) is 9.78 Å². The van der Waals surface area contributed by atoms with Gasteiger partial charge in [-0.2, -0.15) is 0 Å². The molecule has 0 fully saturated rings. The van der Waals surface area contributed by atoms with Gasteiger partial charge in [0.2, 0.25) is 0 Å². The highest BCUT2D eigenvalue weighted by Crippen LogP contribution is 2.20.